The summed E-state index contributed by atoms with van der Waals surface area (Å²) in [5, 5.41) is 146. The van der Waals surface area contributed by atoms with Gasteiger partial charge in [0.15, 0.2) is 36.2 Å². The molecule has 5 aromatic carbocycles. The van der Waals surface area contributed by atoms with Crippen LogP contribution in [0.4, 0.5) is 0 Å². The summed E-state index contributed by atoms with van der Waals surface area (Å²) in [7, 11) is 1.47. The molecule has 22 atom stereocenters. The molecule has 0 aliphatic carbocycles. The lowest BCUT2D eigenvalue weighted by atomic mass is 9.86. The number of phenols is 3. The number of rotatable bonds is 20. The van der Waals surface area contributed by atoms with Crippen LogP contribution in [0, 0.1) is 5.92 Å². The minimum atomic E-state index is -2.39. The van der Waals surface area contributed by atoms with Crippen LogP contribution in [0.2, 0.25) is 5.02 Å². The third-order valence-electron chi connectivity index (χ3n) is 21.2. The summed E-state index contributed by atoms with van der Waals surface area (Å²) >= 11 is 7.15. The van der Waals surface area contributed by atoms with Crippen molar-refractivity contribution in [1.82, 2.24) is 42.5 Å². The highest BCUT2D eigenvalue weighted by atomic mass is 35.5. The first-order valence-electron chi connectivity index (χ1n) is 37.5. The lowest BCUT2D eigenvalue weighted by Gasteiger charge is -2.47. The predicted octanol–water partition coefficient (Wildman–Crippen LogP) is -0.745. The second-order valence-corrected chi connectivity index (χ2v) is 31.1. The fourth-order valence-corrected chi connectivity index (χ4v) is 15.1. The molecule has 634 valence electrons. The topological polar surface area (TPSA) is 624 Å². The fraction of sp³-hybridized carbons (Fsp3) is 0.494. The summed E-state index contributed by atoms with van der Waals surface area (Å²) in [4.78, 5) is 132. The molecule has 13 rings (SSSR count). The maximum atomic E-state index is 16.5. The zero-order chi connectivity index (χ0) is 85.3. The molecular formula is C77H96ClN11O28. The maximum Gasteiger partial charge on any atom is 0.330 e. The number of primary amides is 1. The molecular weight excluding hydrogens is 1560 g/mol. The molecule has 0 saturated carbocycles. The summed E-state index contributed by atoms with van der Waals surface area (Å²) in [6, 6.07) is 0.0412. The van der Waals surface area contributed by atoms with E-state index < -0.39 is 280 Å². The van der Waals surface area contributed by atoms with E-state index in [1.807, 2.05) is 13.8 Å². The van der Waals surface area contributed by atoms with E-state index in [-0.39, 0.29) is 59.4 Å². The number of aliphatic hydroxyl groups excluding tert-OH is 6. The highest BCUT2D eigenvalue weighted by molar-refractivity contribution is 6.32. The van der Waals surface area contributed by atoms with E-state index in [1.165, 1.54) is 71.1 Å². The molecule has 40 heteroatoms. The highest BCUT2D eigenvalue weighted by Gasteiger charge is 2.52. The summed E-state index contributed by atoms with van der Waals surface area (Å²) in [5.41, 5.74) is 12.8. The number of halogens is 1. The Hall–Kier alpha value is -10.2. The van der Waals surface area contributed by atoms with E-state index in [9.17, 15) is 75.3 Å². The quantitative estimate of drug-likeness (QED) is 0.0427. The standard InChI is InChI=1S/C77H96ClN11O28/c1-29(2)18-41(82-7)68(102)88-57-59(96)34-11-15-45(40(78)20-34)113-47-22-35-21-46(64(47)117-75-65(62(99)61(98)48(28-90)114-75)116-52-26-77(6,81)67(101)31(4)111-52)112-36-12-8-32(9-13-36)63(115-51-25-76(5,80)66(100)30(3)110-51)58-73(107)87-56(74(108)109)38-23-44(92)39(27-83-17-16-50(94)95)60(97)53(38)37-19-33(10-14-43(37)91)54(70(104)89-58)86-71(105)55(35)85-69(103)42(24-49(79)93)84-72(57)106/h8-15,19-23,29-31,41-42,48,51-52,54-59,61-63,65-67,75,82-83,90-92,96-101H,16-18,24-28,80-81H2,1-7H3,(H2,79,93)(H,84,106)(H,85,103)(H,86,105)(H,87,107)(H,88,102)(H,89,104)(H,94,95)(H,108,109)/t30-,31-,41+,42-,48+,51-,52-,54+,55+,56-,57+,58-,59+,61+,62-,63+,65+,66-,67-,75-,76+,77-/m0/s1. The van der Waals surface area contributed by atoms with Gasteiger partial charge in [-0.25, -0.2) is 4.79 Å². The highest BCUT2D eigenvalue weighted by Crippen LogP contribution is 2.50. The minimum Gasteiger partial charge on any atom is -0.507 e. The number of nitrogens with one attached hydrogen (secondary N) is 8. The van der Waals surface area contributed by atoms with E-state index in [2.05, 4.69) is 42.5 Å². The molecule has 8 heterocycles. The van der Waals surface area contributed by atoms with Gasteiger partial charge >= 0.3 is 11.9 Å². The van der Waals surface area contributed by atoms with Crippen molar-refractivity contribution in [3.8, 4) is 57.1 Å². The number of amides is 7. The van der Waals surface area contributed by atoms with Crippen LogP contribution in [-0.4, -0.2) is 233 Å². The maximum absolute atomic E-state index is 16.5. The summed E-state index contributed by atoms with van der Waals surface area (Å²) in [6.45, 7) is 7.79. The van der Waals surface area contributed by atoms with Crippen molar-refractivity contribution in [3.05, 3.63) is 117 Å². The van der Waals surface area contributed by atoms with Gasteiger partial charge in [-0.3, -0.25) is 38.4 Å². The van der Waals surface area contributed by atoms with Crippen LogP contribution < -0.4 is 73.9 Å². The van der Waals surface area contributed by atoms with Crippen LogP contribution in [0.25, 0.3) is 11.1 Å². The van der Waals surface area contributed by atoms with Crippen molar-refractivity contribution in [1.29, 1.82) is 0 Å². The molecule has 3 fully saturated rings. The van der Waals surface area contributed by atoms with Crippen molar-refractivity contribution >= 4 is 64.9 Å². The number of nitrogens with two attached hydrogens (primary N) is 3. The largest absolute Gasteiger partial charge is 0.507 e. The van der Waals surface area contributed by atoms with E-state index in [0.29, 0.717) is 0 Å². The number of carbonyl (C=O) groups excluding carboxylic acids is 7. The van der Waals surface area contributed by atoms with Crippen LogP contribution >= 0.6 is 11.6 Å². The minimum absolute atomic E-state index is 0.0790. The van der Waals surface area contributed by atoms with Crippen LogP contribution in [0.1, 0.15) is 137 Å². The van der Waals surface area contributed by atoms with Gasteiger partial charge < -0.3 is 154 Å². The summed E-state index contributed by atoms with van der Waals surface area (Å²) in [5.74, 6) is -17.4. The van der Waals surface area contributed by atoms with Gasteiger partial charge in [0, 0.05) is 53.7 Å². The van der Waals surface area contributed by atoms with Gasteiger partial charge in [0.2, 0.25) is 53.4 Å². The zero-order valence-electron chi connectivity index (χ0n) is 64.3. The molecule has 0 unspecified atom stereocenters. The monoisotopic (exact) mass is 1660 g/mol. The number of carboxylic acids is 2. The summed E-state index contributed by atoms with van der Waals surface area (Å²) < 4.78 is 51.8. The van der Waals surface area contributed by atoms with E-state index >= 15 is 24.0 Å². The van der Waals surface area contributed by atoms with Gasteiger partial charge in [0.05, 0.1) is 60.5 Å². The van der Waals surface area contributed by atoms with Gasteiger partial charge in [-0.15, -0.1) is 0 Å². The van der Waals surface area contributed by atoms with E-state index in [1.54, 1.807) is 0 Å². The number of aliphatic carboxylic acids is 2. The number of hydrogen-bond acceptors (Lipinski definition) is 30. The van der Waals surface area contributed by atoms with Crippen molar-refractivity contribution in [2.24, 2.45) is 23.1 Å². The number of carboxylic acid groups (broad SMARTS) is 2. The first-order chi connectivity index (χ1) is 55.2. The van der Waals surface area contributed by atoms with Gasteiger partial charge in [0.1, 0.15) is 89.5 Å². The number of likely N-dealkylation sites (N-methyl/N-ethyl adjacent to an activating group) is 1. The number of carbonyl (C=O) groups is 9. The number of aromatic hydroxyl groups is 3. The normalized spacial score (nSPS) is 31.0. The Morgan fingerprint density at radius 3 is 1.89 bits per heavy atom. The zero-order valence-corrected chi connectivity index (χ0v) is 65.0. The number of hydrogen-bond donors (Lipinski definition) is 22. The Balaban J connectivity index is 1.19. The molecule has 117 heavy (non-hydrogen) atoms. The molecule has 0 radical (unpaired) electrons. The first kappa shape index (κ1) is 87.7. The molecule has 5 aromatic rings. The van der Waals surface area contributed by atoms with Crippen LogP contribution in [0.15, 0.2) is 78.9 Å². The predicted molar refractivity (Wildman–Crippen MR) is 405 cm³/mol. The number of fused-ring (bicyclic) bond motifs is 15. The Kier molecular flexibility index (Phi) is 26.9. The molecule has 25 N–H and O–H groups in total. The smallest absolute Gasteiger partial charge is 0.330 e. The second-order valence-electron chi connectivity index (χ2n) is 30.7. The molecule has 39 nitrogen and oxygen atoms in total. The van der Waals surface area contributed by atoms with Crippen molar-refractivity contribution in [3.63, 3.8) is 0 Å². The SMILES string of the molecule is CN[C@H](CC(C)C)C(=O)N[C@H]1C(=O)N[C@@H](CC(N)=O)C(=O)N[C@H]2C(=O)N[C@H]3C(=O)N[C@H](C(=O)N[C@H](C(=O)O)c4cc(O)c(CNCCC(=O)O)c(O)c4-c4cc3ccc4O)[C@H](O[C@H]3C[C@@](C)(N)[C@@H](O)[C@H](C)O3)c3ccc(cc3)Oc3cc2cc(c3O[C@@H]2O[C@H](CO)[C@@H](O)[C@H](O)[C@H]2O[C@H]2C[C@](C)(N)[C@@H](O)[C@H](C)O2)Oc2ccc(cc2Cl)[C@H]1O. The lowest BCUT2D eigenvalue weighted by Crippen LogP contribution is -2.64. The number of phenolic OH excluding ortho intramolecular Hbond substituents is 3. The molecule has 7 amide bonds. The number of ether oxygens (including phenoxy) is 8. The molecule has 3 saturated heterocycles. The van der Waals surface area contributed by atoms with E-state index in [4.69, 9.17) is 66.7 Å². The second kappa shape index (κ2) is 36.0. The van der Waals surface area contributed by atoms with Gasteiger partial charge in [-0.2, -0.15) is 0 Å². The van der Waals surface area contributed by atoms with Crippen LogP contribution in [-0.2, 0) is 73.4 Å². The average Bonchev–Trinajstić information content (AvgIpc) is 0.765. The fourth-order valence-electron chi connectivity index (χ4n) is 14.9. The third kappa shape index (κ3) is 19.3. The van der Waals surface area contributed by atoms with Crippen LogP contribution in [0.3, 0.4) is 0 Å². The van der Waals surface area contributed by atoms with Gasteiger partial charge in [0.25, 0.3) is 0 Å². The third-order valence-corrected chi connectivity index (χ3v) is 21.5. The Labute approximate surface area is 673 Å². The molecule has 8 aliphatic heterocycles. The first-order valence-corrected chi connectivity index (χ1v) is 37.9. The molecule has 0 aromatic heterocycles. The van der Waals surface area contributed by atoms with Crippen molar-refractivity contribution < 1.29 is 137 Å². The number of benzene rings is 5. The Morgan fingerprint density at radius 1 is 0.684 bits per heavy atom. The van der Waals surface area contributed by atoms with Crippen molar-refractivity contribution in [2.45, 2.75) is 213 Å². The lowest BCUT2D eigenvalue weighted by molar-refractivity contribution is -0.333. The van der Waals surface area contributed by atoms with E-state index in [0.717, 1.165) is 42.5 Å². The van der Waals surface area contributed by atoms with Crippen LogP contribution in [0.5, 0.6) is 46.0 Å². The Bertz CT molecular complexity index is 4600. The van der Waals surface area contributed by atoms with Gasteiger partial charge in [-0.1, -0.05) is 49.7 Å². The number of aliphatic hydroxyl groups is 6. The Morgan fingerprint density at radius 2 is 1.29 bits per heavy atom. The van der Waals surface area contributed by atoms with Crippen molar-refractivity contribution in [2.75, 3.05) is 20.2 Å². The van der Waals surface area contributed by atoms with Gasteiger partial charge in [-0.05, 0) is 124 Å². The average molecular weight is 1660 g/mol. The molecule has 8 aliphatic rings. The molecule has 0 spiro atoms. The summed E-state index contributed by atoms with van der Waals surface area (Å²) in [6.07, 6.45) is -23.3. The molecule has 11 bridgehead atoms.